The molecule has 1 amide bonds. The van der Waals surface area contributed by atoms with Crippen LogP contribution in [0.3, 0.4) is 0 Å². The molecule has 7 heteroatoms. The number of piperidine rings is 1. The zero-order valence-electron chi connectivity index (χ0n) is 21.2. The molecule has 3 aliphatic rings. The van der Waals surface area contributed by atoms with E-state index in [1.54, 1.807) is 4.90 Å². The van der Waals surface area contributed by atoms with Crippen LogP contribution in [0.1, 0.15) is 70.4 Å². The summed E-state index contributed by atoms with van der Waals surface area (Å²) >= 11 is 0. The van der Waals surface area contributed by atoms with Crippen molar-refractivity contribution in [3.05, 3.63) is 23.3 Å². The Balaban J connectivity index is 1.41. The Morgan fingerprint density at radius 3 is 2.47 bits per heavy atom. The standard InChI is InChI=1S/C27H39NO6/c1-17(25(29)31-5)23(19-6-7-19)21-14-20-10-13-32-24(20)22(15-21)33-16-18-8-11-28(12-9-18)26(30)34-27(2,3)4/h14-15,17-19,23H,6-13,16H2,1-5H3. The van der Waals surface area contributed by atoms with Crippen LogP contribution in [0.25, 0.3) is 0 Å². The van der Waals surface area contributed by atoms with Gasteiger partial charge in [-0.05, 0) is 75.8 Å². The number of hydrogen-bond donors (Lipinski definition) is 0. The van der Waals surface area contributed by atoms with E-state index in [1.807, 2.05) is 27.7 Å². The van der Waals surface area contributed by atoms with E-state index in [4.69, 9.17) is 18.9 Å². The molecule has 1 aromatic rings. The summed E-state index contributed by atoms with van der Waals surface area (Å²) in [5.74, 6) is 2.29. The molecule has 2 heterocycles. The highest BCUT2D eigenvalue weighted by molar-refractivity contribution is 5.73. The maximum absolute atomic E-state index is 12.3. The van der Waals surface area contributed by atoms with Crippen LogP contribution in [-0.4, -0.2) is 56.0 Å². The Kier molecular flexibility index (Phi) is 7.29. The number of esters is 1. The summed E-state index contributed by atoms with van der Waals surface area (Å²) in [5, 5.41) is 0. The van der Waals surface area contributed by atoms with E-state index >= 15 is 0 Å². The molecule has 7 nitrogen and oxygen atoms in total. The Labute approximate surface area is 203 Å². The topological polar surface area (TPSA) is 74.3 Å². The third kappa shape index (κ3) is 5.78. The van der Waals surface area contributed by atoms with E-state index in [9.17, 15) is 9.59 Å². The first-order valence-electron chi connectivity index (χ1n) is 12.6. The highest BCUT2D eigenvalue weighted by Crippen LogP contribution is 2.49. The molecule has 2 aliphatic heterocycles. The van der Waals surface area contributed by atoms with Gasteiger partial charge in [0.05, 0.1) is 26.2 Å². The fourth-order valence-electron chi connectivity index (χ4n) is 5.17. The molecule has 34 heavy (non-hydrogen) atoms. The third-order valence-corrected chi connectivity index (χ3v) is 7.14. The van der Waals surface area contributed by atoms with Crippen molar-refractivity contribution in [1.82, 2.24) is 4.90 Å². The van der Waals surface area contributed by atoms with Gasteiger partial charge in [-0.3, -0.25) is 4.79 Å². The summed E-state index contributed by atoms with van der Waals surface area (Å²) in [6, 6.07) is 4.29. The van der Waals surface area contributed by atoms with Crippen molar-refractivity contribution < 1.29 is 28.5 Å². The van der Waals surface area contributed by atoms with Gasteiger partial charge in [-0.2, -0.15) is 0 Å². The maximum Gasteiger partial charge on any atom is 0.410 e. The SMILES string of the molecule is COC(=O)C(C)C(c1cc2c(c(OCC3CCN(C(=O)OC(C)(C)C)CC3)c1)OCC2)C1CC1. The molecule has 2 atom stereocenters. The van der Waals surface area contributed by atoms with E-state index in [2.05, 4.69) is 12.1 Å². The number of carbonyl (C=O) groups excluding carboxylic acids is 2. The summed E-state index contributed by atoms with van der Waals surface area (Å²) in [4.78, 5) is 26.5. The van der Waals surface area contributed by atoms with Crippen LogP contribution in [0, 0.1) is 17.8 Å². The molecule has 1 saturated carbocycles. The Morgan fingerprint density at radius 1 is 1.15 bits per heavy atom. The Hall–Kier alpha value is -2.44. The van der Waals surface area contributed by atoms with E-state index in [0.29, 0.717) is 38.1 Å². The van der Waals surface area contributed by atoms with Gasteiger partial charge in [-0.1, -0.05) is 13.0 Å². The summed E-state index contributed by atoms with van der Waals surface area (Å²) in [7, 11) is 1.46. The van der Waals surface area contributed by atoms with Crippen molar-refractivity contribution in [3.63, 3.8) is 0 Å². The van der Waals surface area contributed by atoms with Crippen molar-refractivity contribution >= 4 is 12.1 Å². The number of hydrogen-bond acceptors (Lipinski definition) is 6. The number of benzene rings is 1. The predicted octanol–water partition coefficient (Wildman–Crippen LogP) is 4.95. The summed E-state index contributed by atoms with van der Waals surface area (Å²) in [6.45, 7) is 10.2. The molecule has 0 bridgehead atoms. The van der Waals surface area contributed by atoms with Gasteiger partial charge in [-0.25, -0.2) is 4.79 Å². The maximum atomic E-state index is 12.3. The first-order chi connectivity index (χ1) is 16.2. The number of ether oxygens (including phenoxy) is 4. The van der Waals surface area contributed by atoms with E-state index in [-0.39, 0.29) is 23.9 Å². The quantitative estimate of drug-likeness (QED) is 0.522. The zero-order chi connectivity index (χ0) is 24.5. The molecule has 0 spiro atoms. The molecule has 1 aliphatic carbocycles. The normalized spacial score (nSPS) is 20.2. The van der Waals surface area contributed by atoms with Crippen LogP contribution >= 0.6 is 0 Å². The van der Waals surface area contributed by atoms with Gasteiger partial charge in [-0.15, -0.1) is 0 Å². The molecule has 1 aromatic carbocycles. The van der Waals surface area contributed by atoms with Gasteiger partial charge >= 0.3 is 12.1 Å². The fourth-order valence-corrected chi connectivity index (χ4v) is 5.17. The van der Waals surface area contributed by atoms with Crippen LogP contribution in [0.4, 0.5) is 4.79 Å². The van der Waals surface area contributed by atoms with E-state index < -0.39 is 5.60 Å². The largest absolute Gasteiger partial charge is 0.489 e. The lowest BCUT2D eigenvalue weighted by Gasteiger charge is -2.33. The van der Waals surface area contributed by atoms with Gasteiger partial charge in [0, 0.05) is 25.1 Å². The second-order valence-corrected chi connectivity index (χ2v) is 11.0. The molecule has 0 radical (unpaired) electrons. The smallest absolute Gasteiger partial charge is 0.410 e. The fraction of sp³-hybridized carbons (Fsp3) is 0.704. The summed E-state index contributed by atoms with van der Waals surface area (Å²) in [5.41, 5.74) is 1.83. The predicted molar refractivity (Wildman–Crippen MR) is 128 cm³/mol. The number of carbonyl (C=O) groups is 2. The minimum absolute atomic E-state index is 0.137. The first kappa shape index (κ1) is 24.7. The zero-order valence-corrected chi connectivity index (χ0v) is 21.2. The van der Waals surface area contributed by atoms with Crippen LogP contribution in [-0.2, 0) is 20.7 Å². The monoisotopic (exact) mass is 473 g/mol. The number of methoxy groups -OCH3 is 1. The molecule has 4 rings (SSSR count). The van der Waals surface area contributed by atoms with Crippen molar-refractivity contribution in [2.75, 3.05) is 33.4 Å². The van der Waals surface area contributed by atoms with Gasteiger partial charge in [0.15, 0.2) is 11.5 Å². The molecule has 2 fully saturated rings. The van der Waals surface area contributed by atoms with Gasteiger partial charge in [0.2, 0.25) is 0 Å². The molecular weight excluding hydrogens is 434 g/mol. The van der Waals surface area contributed by atoms with Crippen LogP contribution < -0.4 is 9.47 Å². The average molecular weight is 474 g/mol. The van der Waals surface area contributed by atoms with Crippen molar-refractivity contribution in [3.8, 4) is 11.5 Å². The van der Waals surface area contributed by atoms with E-state index in [1.165, 1.54) is 7.11 Å². The highest BCUT2D eigenvalue weighted by Gasteiger charge is 2.40. The van der Waals surface area contributed by atoms with Crippen LogP contribution in [0.5, 0.6) is 11.5 Å². The van der Waals surface area contributed by atoms with Crippen molar-refractivity contribution in [2.24, 2.45) is 17.8 Å². The van der Waals surface area contributed by atoms with Gasteiger partial charge in [0.1, 0.15) is 5.60 Å². The van der Waals surface area contributed by atoms with Crippen molar-refractivity contribution in [2.45, 2.75) is 71.3 Å². The molecule has 2 unspecified atom stereocenters. The lowest BCUT2D eigenvalue weighted by atomic mass is 9.82. The third-order valence-electron chi connectivity index (χ3n) is 7.14. The molecule has 0 N–H and O–H groups in total. The Morgan fingerprint density at radius 2 is 1.85 bits per heavy atom. The summed E-state index contributed by atoms with van der Waals surface area (Å²) < 4.78 is 22.8. The van der Waals surface area contributed by atoms with Crippen LogP contribution in [0.2, 0.25) is 0 Å². The number of rotatable bonds is 7. The second kappa shape index (κ2) is 10.0. The van der Waals surface area contributed by atoms with Crippen molar-refractivity contribution in [1.29, 1.82) is 0 Å². The van der Waals surface area contributed by atoms with E-state index in [0.717, 1.165) is 54.7 Å². The molecule has 188 valence electrons. The lowest BCUT2D eigenvalue weighted by molar-refractivity contribution is -0.145. The minimum Gasteiger partial charge on any atom is -0.489 e. The Bertz CT molecular complexity index is 895. The van der Waals surface area contributed by atoms with Crippen LogP contribution in [0.15, 0.2) is 12.1 Å². The molecule has 0 aromatic heterocycles. The van der Waals surface area contributed by atoms with Gasteiger partial charge in [0.25, 0.3) is 0 Å². The number of fused-ring (bicyclic) bond motifs is 1. The number of amides is 1. The average Bonchev–Trinajstić information content (AvgIpc) is 3.51. The minimum atomic E-state index is -0.480. The lowest BCUT2D eigenvalue weighted by Crippen LogP contribution is -2.42. The molecular formula is C27H39NO6. The highest BCUT2D eigenvalue weighted by atomic mass is 16.6. The summed E-state index contributed by atoms with van der Waals surface area (Å²) in [6.07, 6.45) is 4.67. The molecule has 1 saturated heterocycles. The number of nitrogens with zero attached hydrogens (tertiary/aromatic N) is 1. The first-order valence-corrected chi connectivity index (χ1v) is 12.6. The number of likely N-dealkylation sites (tertiary alicyclic amines) is 1. The van der Waals surface area contributed by atoms with Gasteiger partial charge < -0.3 is 23.8 Å². The second-order valence-electron chi connectivity index (χ2n) is 11.0.